The number of guanidine groups is 1. The lowest BCUT2D eigenvalue weighted by Gasteiger charge is -2.10. The molecule has 0 aromatic heterocycles. The summed E-state index contributed by atoms with van der Waals surface area (Å²) < 4.78 is 9.85. The first kappa shape index (κ1) is 21.9. The van der Waals surface area contributed by atoms with Crippen molar-refractivity contribution in [1.29, 1.82) is 0 Å². The molecule has 0 unspecified atom stereocenters. The number of halogens is 1. The van der Waals surface area contributed by atoms with Crippen molar-refractivity contribution < 1.29 is 14.3 Å². The maximum atomic E-state index is 11.4. The van der Waals surface area contributed by atoms with Crippen LogP contribution in [0.3, 0.4) is 0 Å². The Morgan fingerprint density at radius 2 is 1.81 bits per heavy atom. The van der Waals surface area contributed by atoms with Gasteiger partial charge in [-0.25, -0.2) is 4.79 Å². The number of carbonyl (C=O) groups is 1. The molecular formula is C19H24IN3O3. The summed E-state index contributed by atoms with van der Waals surface area (Å²) in [5.41, 5.74) is 9.46. The second-order valence-electron chi connectivity index (χ2n) is 5.42. The average molecular weight is 469 g/mol. The molecule has 0 radical (unpaired) electrons. The molecule has 0 aliphatic rings. The molecule has 0 spiro atoms. The lowest BCUT2D eigenvalue weighted by Crippen LogP contribution is -2.23. The summed E-state index contributed by atoms with van der Waals surface area (Å²) in [7, 11) is 3.02. The van der Waals surface area contributed by atoms with E-state index in [9.17, 15) is 4.79 Å². The molecule has 0 aliphatic carbocycles. The van der Waals surface area contributed by atoms with Crippen molar-refractivity contribution in [2.45, 2.75) is 13.0 Å². The lowest BCUT2D eigenvalue weighted by molar-refractivity contribution is 0.0600. The predicted molar refractivity (Wildman–Crippen MR) is 114 cm³/mol. The molecular weight excluding hydrogens is 445 g/mol. The van der Waals surface area contributed by atoms with Gasteiger partial charge in [0.05, 0.1) is 19.3 Å². The third kappa shape index (κ3) is 6.64. The van der Waals surface area contributed by atoms with Crippen LogP contribution < -0.4 is 11.1 Å². The fourth-order valence-electron chi connectivity index (χ4n) is 2.33. The quantitative estimate of drug-likeness (QED) is 0.282. The van der Waals surface area contributed by atoms with E-state index in [1.807, 2.05) is 36.4 Å². The van der Waals surface area contributed by atoms with Gasteiger partial charge >= 0.3 is 5.97 Å². The summed E-state index contributed by atoms with van der Waals surface area (Å²) in [4.78, 5) is 15.7. The molecule has 0 bridgehead atoms. The zero-order valence-electron chi connectivity index (χ0n) is 14.9. The molecule has 0 fully saturated rings. The first-order chi connectivity index (χ1) is 12.1. The molecule has 2 aromatic rings. The van der Waals surface area contributed by atoms with Gasteiger partial charge in [-0.15, -0.1) is 24.0 Å². The smallest absolute Gasteiger partial charge is 0.337 e. The molecule has 2 aromatic carbocycles. The van der Waals surface area contributed by atoms with Gasteiger partial charge < -0.3 is 20.5 Å². The Morgan fingerprint density at radius 1 is 1.12 bits per heavy atom. The molecule has 0 aliphatic heterocycles. The van der Waals surface area contributed by atoms with Crippen LogP contribution in [-0.2, 0) is 22.5 Å². The Hall–Kier alpha value is -2.13. The molecule has 3 N–H and O–H groups in total. The summed E-state index contributed by atoms with van der Waals surface area (Å²) in [6.45, 7) is 1.05. The predicted octanol–water partition coefficient (Wildman–Crippen LogP) is 3.21. The number of methoxy groups -OCH3 is 2. The number of hydrogen-bond donors (Lipinski definition) is 2. The third-order valence-electron chi connectivity index (χ3n) is 3.64. The summed E-state index contributed by atoms with van der Waals surface area (Å²) in [6, 6.07) is 15.0. The number of nitrogens with one attached hydrogen (secondary N) is 1. The molecule has 0 amide bonds. The molecule has 0 atom stereocenters. The summed E-state index contributed by atoms with van der Waals surface area (Å²) in [5.74, 6) is 0.0162. The molecule has 0 saturated carbocycles. The molecule has 0 saturated heterocycles. The van der Waals surface area contributed by atoms with Crippen LogP contribution in [0.15, 0.2) is 53.5 Å². The van der Waals surface area contributed by atoms with Crippen LogP contribution in [0, 0.1) is 0 Å². The Kier molecular flexibility index (Phi) is 9.67. The highest BCUT2D eigenvalue weighted by molar-refractivity contribution is 14.0. The van der Waals surface area contributed by atoms with Gasteiger partial charge in [0.2, 0.25) is 0 Å². The van der Waals surface area contributed by atoms with Gasteiger partial charge in [-0.2, -0.15) is 0 Å². The van der Waals surface area contributed by atoms with Crippen molar-refractivity contribution in [3.63, 3.8) is 0 Å². The summed E-state index contributed by atoms with van der Waals surface area (Å²) in [5, 5.41) is 3.10. The van der Waals surface area contributed by atoms with E-state index in [-0.39, 0.29) is 29.9 Å². The van der Waals surface area contributed by atoms with Crippen molar-refractivity contribution in [1.82, 2.24) is 0 Å². The molecule has 2 rings (SSSR count). The SMILES string of the molecule is COCc1ccccc1NC(N)=NCCc1ccc(C(=O)OC)cc1.I. The largest absolute Gasteiger partial charge is 0.465 e. The average Bonchev–Trinajstić information content (AvgIpc) is 2.63. The number of nitrogens with zero attached hydrogens (tertiary/aromatic N) is 1. The van der Waals surface area contributed by atoms with E-state index in [1.54, 1.807) is 19.2 Å². The highest BCUT2D eigenvalue weighted by Crippen LogP contribution is 2.15. The summed E-state index contributed by atoms with van der Waals surface area (Å²) in [6.07, 6.45) is 0.726. The van der Waals surface area contributed by atoms with Gasteiger partial charge in [-0.3, -0.25) is 4.99 Å². The van der Waals surface area contributed by atoms with Crippen molar-refractivity contribution in [2.75, 3.05) is 26.1 Å². The molecule has 140 valence electrons. The molecule has 0 heterocycles. The van der Waals surface area contributed by atoms with E-state index in [1.165, 1.54) is 7.11 Å². The summed E-state index contributed by atoms with van der Waals surface area (Å²) >= 11 is 0. The minimum absolute atomic E-state index is 0. The number of esters is 1. The number of rotatable bonds is 7. The molecule has 26 heavy (non-hydrogen) atoms. The van der Waals surface area contributed by atoms with Gasteiger partial charge in [0.25, 0.3) is 0 Å². The number of hydrogen-bond acceptors (Lipinski definition) is 4. The van der Waals surface area contributed by atoms with E-state index >= 15 is 0 Å². The maximum absolute atomic E-state index is 11.4. The Balaban J connectivity index is 0.00000338. The van der Waals surface area contributed by atoms with Gasteiger partial charge in [0, 0.05) is 24.9 Å². The molecule has 6 nitrogen and oxygen atoms in total. The van der Waals surface area contributed by atoms with Gasteiger partial charge in [-0.05, 0) is 30.2 Å². The second kappa shape index (κ2) is 11.5. The van der Waals surface area contributed by atoms with Crippen LogP contribution in [0.25, 0.3) is 0 Å². The Morgan fingerprint density at radius 3 is 2.46 bits per heavy atom. The van der Waals surface area contributed by atoms with Crippen LogP contribution >= 0.6 is 24.0 Å². The fraction of sp³-hybridized carbons (Fsp3) is 0.263. The van der Waals surface area contributed by atoms with E-state index in [0.29, 0.717) is 24.7 Å². The van der Waals surface area contributed by atoms with Gasteiger partial charge in [0.15, 0.2) is 5.96 Å². The second-order valence-corrected chi connectivity index (χ2v) is 5.42. The maximum Gasteiger partial charge on any atom is 0.337 e. The van der Waals surface area contributed by atoms with E-state index in [0.717, 1.165) is 23.2 Å². The number of carbonyl (C=O) groups excluding carboxylic acids is 1. The normalized spacial score (nSPS) is 10.8. The van der Waals surface area contributed by atoms with Gasteiger partial charge in [0.1, 0.15) is 0 Å². The van der Waals surface area contributed by atoms with E-state index in [4.69, 9.17) is 10.5 Å². The van der Waals surface area contributed by atoms with Crippen molar-refractivity contribution in [3.8, 4) is 0 Å². The van der Waals surface area contributed by atoms with Crippen LogP contribution in [0.5, 0.6) is 0 Å². The number of nitrogens with two attached hydrogens (primary N) is 1. The minimum atomic E-state index is -0.340. The van der Waals surface area contributed by atoms with Crippen LogP contribution in [-0.4, -0.2) is 32.7 Å². The molecule has 7 heteroatoms. The van der Waals surface area contributed by atoms with Crippen molar-refractivity contribution in [2.24, 2.45) is 10.7 Å². The monoisotopic (exact) mass is 469 g/mol. The number of anilines is 1. The van der Waals surface area contributed by atoms with E-state index in [2.05, 4.69) is 15.0 Å². The number of ether oxygens (including phenoxy) is 2. The van der Waals surface area contributed by atoms with Crippen molar-refractivity contribution in [3.05, 3.63) is 65.2 Å². The minimum Gasteiger partial charge on any atom is -0.465 e. The zero-order chi connectivity index (χ0) is 18.1. The van der Waals surface area contributed by atoms with Crippen LogP contribution in [0.1, 0.15) is 21.5 Å². The highest BCUT2D eigenvalue weighted by Gasteiger charge is 2.05. The number of para-hydroxylation sites is 1. The Labute approximate surface area is 170 Å². The van der Waals surface area contributed by atoms with Crippen molar-refractivity contribution >= 4 is 41.6 Å². The van der Waals surface area contributed by atoms with Crippen LogP contribution in [0.2, 0.25) is 0 Å². The third-order valence-corrected chi connectivity index (χ3v) is 3.64. The zero-order valence-corrected chi connectivity index (χ0v) is 17.2. The standard InChI is InChI=1S/C19H23N3O3.HI/c1-24-13-16-5-3-4-6-17(16)22-19(20)21-12-11-14-7-9-15(10-8-14)18(23)25-2;/h3-10H,11-13H2,1-2H3,(H3,20,21,22);1H. The van der Waals surface area contributed by atoms with E-state index < -0.39 is 0 Å². The van der Waals surface area contributed by atoms with Crippen LogP contribution in [0.4, 0.5) is 5.69 Å². The van der Waals surface area contributed by atoms with Gasteiger partial charge in [-0.1, -0.05) is 30.3 Å². The lowest BCUT2D eigenvalue weighted by atomic mass is 10.1. The topological polar surface area (TPSA) is 85.9 Å². The highest BCUT2D eigenvalue weighted by atomic mass is 127. The fourth-order valence-corrected chi connectivity index (χ4v) is 2.33. The first-order valence-electron chi connectivity index (χ1n) is 7.95. The number of aliphatic imine (C=N–C) groups is 1. The number of benzene rings is 2. The Bertz CT molecular complexity index is 733. The first-order valence-corrected chi connectivity index (χ1v) is 7.95.